The van der Waals surface area contributed by atoms with Gasteiger partial charge in [-0.2, -0.15) is 0 Å². The topological polar surface area (TPSA) is 71.3 Å². The number of carboxylic acid groups (broad SMARTS) is 1. The van der Waals surface area contributed by atoms with E-state index in [2.05, 4.69) is 5.32 Å². The maximum absolute atomic E-state index is 11.8. The summed E-state index contributed by atoms with van der Waals surface area (Å²) in [6, 6.07) is 1.51. The van der Waals surface area contributed by atoms with Crippen LogP contribution in [-0.2, 0) is 11.8 Å². The molecule has 1 aromatic rings. The van der Waals surface area contributed by atoms with Crippen molar-refractivity contribution in [3.63, 3.8) is 0 Å². The van der Waals surface area contributed by atoms with Crippen LogP contribution in [0, 0.1) is 0 Å². The summed E-state index contributed by atoms with van der Waals surface area (Å²) in [7, 11) is 1.68. The number of halogens is 1. The first-order valence-electron chi connectivity index (χ1n) is 4.82. The van der Waals surface area contributed by atoms with Crippen LogP contribution in [0.3, 0.4) is 0 Å². The number of hydrogen-bond donors (Lipinski definition) is 2. The lowest BCUT2D eigenvalue weighted by atomic mass is 10.2. The molecule has 1 aromatic heterocycles. The molecule has 0 saturated heterocycles. The van der Waals surface area contributed by atoms with E-state index >= 15 is 0 Å². The van der Waals surface area contributed by atoms with Crippen molar-refractivity contribution in [2.24, 2.45) is 7.05 Å². The summed E-state index contributed by atoms with van der Waals surface area (Å²) in [6.45, 7) is 0. The summed E-state index contributed by atoms with van der Waals surface area (Å²) in [5.74, 6) is -1.39. The van der Waals surface area contributed by atoms with Gasteiger partial charge in [0.2, 0.25) is 0 Å². The monoisotopic (exact) mass is 242 g/mol. The van der Waals surface area contributed by atoms with E-state index in [0.29, 0.717) is 23.6 Å². The Balaban J connectivity index is 2.15. The van der Waals surface area contributed by atoms with Gasteiger partial charge in [-0.1, -0.05) is 11.6 Å². The standard InChI is InChI=1S/C10H11ClN2O3/c1-13-5-6(11)4-7(13)8(14)12-10(2-3-10)9(15)16/h4-5H,2-3H2,1H3,(H,12,14)(H,15,16). The van der Waals surface area contributed by atoms with E-state index in [1.807, 2.05) is 0 Å². The van der Waals surface area contributed by atoms with Crippen LogP contribution in [0.1, 0.15) is 23.3 Å². The average molecular weight is 243 g/mol. The van der Waals surface area contributed by atoms with Gasteiger partial charge in [-0.3, -0.25) is 4.79 Å². The summed E-state index contributed by atoms with van der Waals surface area (Å²) < 4.78 is 1.57. The fourth-order valence-corrected chi connectivity index (χ4v) is 1.80. The van der Waals surface area contributed by atoms with Crippen LogP contribution in [0.25, 0.3) is 0 Å². The van der Waals surface area contributed by atoms with Gasteiger partial charge >= 0.3 is 5.97 Å². The molecule has 2 rings (SSSR count). The zero-order valence-electron chi connectivity index (χ0n) is 8.66. The van der Waals surface area contributed by atoms with Crippen molar-refractivity contribution in [1.82, 2.24) is 9.88 Å². The number of aryl methyl sites for hydroxylation is 1. The third kappa shape index (κ3) is 1.78. The van der Waals surface area contributed by atoms with E-state index in [1.165, 1.54) is 6.07 Å². The quantitative estimate of drug-likeness (QED) is 0.832. The molecule has 0 atom stereocenters. The smallest absolute Gasteiger partial charge is 0.329 e. The first-order valence-corrected chi connectivity index (χ1v) is 5.20. The van der Waals surface area contributed by atoms with Crippen molar-refractivity contribution in [3.8, 4) is 0 Å². The largest absolute Gasteiger partial charge is 0.480 e. The number of hydrogen-bond acceptors (Lipinski definition) is 2. The molecule has 5 nitrogen and oxygen atoms in total. The molecule has 0 unspecified atom stereocenters. The van der Waals surface area contributed by atoms with E-state index in [1.54, 1.807) is 17.8 Å². The second-order valence-corrected chi connectivity index (χ2v) is 4.43. The predicted octanol–water partition coefficient (Wildman–Crippen LogP) is 1.03. The number of nitrogens with zero attached hydrogens (tertiary/aromatic N) is 1. The van der Waals surface area contributed by atoms with Crippen molar-refractivity contribution in [1.29, 1.82) is 0 Å². The summed E-state index contributed by atoms with van der Waals surface area (Å²) in [4.78, 5) is 22.7. The highest BCUT2D eigenvalue weighted by atomic mass is 35.5. The van der Waals surface area contributed by atoms with E-state index in [4.69, 9.17) is 16.7 Å². The summed E-state index contributed by atoms with van der Waals surface area (Å²) in [5, 5.41) is 11.9. The van der Waals surface area contributed by atoms with Gasteiger partial charge in [-0.05, 0) is 18.9 Å². The molecule has 16 heavy (non-hydrogen) atoms. The van der Waals surface area contributed by atoms with Crippen LogP contribution in [0.15, 0.2) is 12.3 Å². The first kappa shape index (κ1) is 11.0. The predicted molar refractivity (Wildman–Crippen MR) is 57.5 cm³/mol. The lowest BCUT2D eigenvalue weighted by molar-refractivity contribution is -0.140. The van der Waals surface area contributed by atoms with Crippen LogP contribution in [0.4, 0.5) is 0 Å². The van der Waals surface area contributed by atoms with Crippen molar-refractivity contribution in [2.45, 2.75) is 18.4 Å². The Morgan fingerprint density at radius 1 is 1.56 bits per heavy atom. The molecule has 1 saturated carbocycles. The number of nitrogens with one attached hydrogen (secondary N) is 1. The maximum atomic E-state index is 11.8. The lowest BCUT2D eigenvalue weighted by Gasteiger charge is -2.12. The summed E-state index contributed by atoms with van der Waals surface area (Å²) >= 11 is 5.74. The van der Waals surface area contributed by atoms with Gasteiger partial charge in [-0.25, -0.2) is 4.79 Å². The van der Waals surface area contributed by atoms with Gasteiger partial charge in [0.05, 0.1) is 5.02 Å². The Labute approximate surface area is 97.0 Å². The molecule has 1 fully saturated rings. The molecule has 0 aromatic carbocycles. The second kappa shape index (κ2) is 3.52. The molecular formula is C10H11ClN2O3. The molecule has 1 aliphatic rings. The van der Waals surface area contributed by atoms with Gasteiger partial charge in [-0.15, -0.1) is 0 Å². The van der Waals surface area contributed by atoms with Crippen LogP contribution >= 0.6 is 11.6 Å². The van der Waals surface area contributed by atoms with Crippen LogP contribution in [-0.4, -0.2) is 27.1 Å². The third-order valence-corrected chi connectivity index (χ3v) is 2.92. The van der Waals surface area contributed by atoms with Crippen LogP contribution < -0.4 is 5.32 Å². The molecule has 1 aliphatic carbocycles. The van der Waals surface area contributed by atoms with Crippen molar-refractivity contribution in [2.75, 3.05) is 0 Å². The van der Waals surface area contributed by atoms with Crippen molar-refractivity contribution >= 4 is 23.5 Å². The fraction of sp³-hybridized carbons (Fsp3) is 0.400. The first-order chi connectivity index (χ1) is 7.44. The van der Waals surface area contributed by atoms with Crippen LogP contribution in [0.2, 0.25) is 5.02 Å². The highest BCUT2D eigenvalue weighted by Gasteiger charge is 2.51. The molecule has 2 N–H and O–H groups in total. The molecule has 0 aliphatic heterocycles. The highest BCUT2D eigenvalue weighted by molar-refractivity contribution is 6.31. The highest BCUT2D eigenvalue weighted by Crippen LogP contribution is 2.35. The Morgan fingerprint density at radius 2 is 2.19 bits per heavy atom. The minimum Gasteiger partial charge on any atom is -0.480 e. The molecule has 1 heterocycles. The van der Waals surface area contributed by atoms with Gasteiger partial charge in [0.1, 0.15) is 11.2 Å². The zero-order valence-corrected chi connectivity index (χ0v) is 9.41. The Hall–Kier alpha value is -1.49. The van der Waals surface area contributed by atoms with Crippen LogP contribution in [0.5, 0.6) is 0 Å². The normalized spacial score (nSPS) is 16.9. The average Bonchev–Trinajstić information content (AvgIpc) is 2.87. The zero-order chi connectivity index (χ0) is 11.9. The molecule has 6 heteroatoms. The molecule has 1 amide bonds. The Morgan fingerprint density at radius 3 is 2.56 bits per heavy atom. The van der Waals surface area contributed by atoms with E-state index in [0.717, 1.165) is 0 Å². The van der Waals surface area contributed by atoms with Gasteiger partial charge < -0.3 is 15.0 Å². The van der Waals surface area contributed by atoms with Gasteiger partial charge in [0.15, 0.2) is 0 Å². The fourth-order valence-electron chi connectivity index (χ4n) is 1.55. The summed E-state index contributed by atoms with van der Waals surface area (Å²) in [6.07, 6.45) is 2.55. The SMILES string of the molecule is Cn1cc(Cl)cc1C(=O)NC1(C(=O)O)CC1. The van der Waals surface area contributed by atoms with E-state index < -0.39 is 17.4 Å². The number of rotatable bonds is 3. The van der Waals surface area contributed by atoms with E-state index in [9.17, 15) is 9.59 Å². The molecule has 86 valence electrons. The molecule has 0 radical (unpaired) electrons. The Bertz CT molecular complexity index is 463. The third-order valence-electron chi connectivity index (χ3n) is 2.72. The van der Waals surface area contributed by atoms with Crippen molar-refractivity contribution in [3.05, 3.63) is 23.0 Å². The number of carbonyl (C=O) groups is 2. The molecule has 0 bridgehead atoms. The summed E-state index contributed by atoms with van der Waals surface area (Å²) in [5.41, 5.74) is -0.703. The maximum Gasteiger partial charge on any atom is 0.329 e. The Kier molecular flexibility index (Phi) is 2.42. The minimum atomic E-state index is -1.06. The number of amides is 1. The second-order valence-electron chi connectivity index (χ2n) is 4.00. The van der Waals surface area contributed by atoms with Crippen molar-refractivity contribution < 1.29 is 14.7 Å². The van der Waals surface area contributed by atoms with Gasteiger partial charge in [0.25, 0.3) is 5.91 Å². The number of aromatic nitrogens is 1. The van der Waals surface area contributed by atoms with Gasteiger partial charge in [0, 0.05) is 13.2 Å². The number of carbonyl (C=O) groups excluding carboxylic acids is 1. The number of aliphatic carboxylic acids is 1. The number of carboxylic acids is 1. The molecular weight excluding hydrogens is 232 g/mol. The lowest BCUT2D eigenvalue weighted by Crippen LogP contribution is -2.43. The van der Waals surface area contributed by atoms with E-state index in [-0.39, 0.29) is 0 Å². The minimum absolute atomic E-state index is 0.359. The molecule has 0 spiro atoms.